The van der Waals surface area contributed by atoms with Gasteiger partial charge in [0.2, 0.25) is 0 Å². The second-order valence-corrected chi connectivity index (χ2v) is 6.16. The van der Waals surface area contributed by atoms with E-state index in [2.05, 4.69) is 30.5 Å². The molecule has 0 atom stereocenters. The first-order valence-corrected chi connectivity index (χ1v) is 7.67. The first-order valence-electron chi connectivity index (χ1n) is 6.34. The lowest BCUT2D eigenvalue weighted by Crippen LogP contribution is -2.19. The van der Waals surface area contributed by atoms with Crippen molar-refractivity contribution in [3.63, 3.8) is 0 Å². The van der Waals surface area contributed by atoms with Gasteiger partial charge in [0.1, 0.15) is 11.3 Å². The number of rotatable bonds is 4. The Morgan fingerprint density at radius 2 is 2.28 bits per heavy atom. The third-order valence-electron chi connectivity index (χ3n) is 3.61. The van der Waals surface area contributed by atoms with Crippen LogP contribution in [0.2, 0.25) is 0 Å². The molecule has 0 spiro atoms. The first-order chi connectivity index (χ1) is 8.78. The van der Waals surface area contributed by atoms with Gasteiger partial charge in [-0.2, -0.15) is 0 Å². The van der Waals surface area contributed by atoms with Crippen LogP contribution >= 0.6 is 27.5 Å². The molecule has 2 heterocycles. The van der Waals surface area contributed by atoms with Crippen LogP contribution in [0.25, 0.3) is 11.2 Å². The summed E-state index contributed by atoms with van der Waals surface area (Å²) in [5, 5.41) is 0. The van der Waals surface area contributed by atoms with Crippen molar-refractivity contribution >= 4 is 38.7 Å². The van der Waals surface area contributed by atoms with Gasteiger partial charge >= 0.3 is 0 Å². The molecule has 0 amide bonds. The molecule has 3 nitrogen and oxygen atoms in total. The molecule has 18 heavy (non-hydrogen) atoms. The molecule has 96 valence electrons. The normalized spacial score (nSPS) is 16.1. The summed E-state index contributed by atoms with van der Waals surface area (Å²) >= 11 is 9.31. The summed E-state index contributed by atoms with van der Waals surface area (Å²) in [6.45, 7) is 1.04. The SMILES string of the molecule is ClCCc1nc2cc(Br)cnc2n1CC1CCC1. The maximum atomic E-state index is 5.87. The number of imidazole rings is 1. The van der Waals surface area contributed by atoms with E-state index >= 15 is 0 Å². The highest BCUT2D eigenvalue weighted by Crippen LogP contribution is 2.30. The number of pyridine rings is 1. The Kier molecular flexibility index (Phi) is 3.57. The maximum Gasteiger partial charge on any atom is 0.160 e. The van der Waals surface area contributed by atoms with E-state index in [0.29, 0.717) is 5.88 Å². The van der Waals surface area contributed by atoms with Gasteiger partial charge in [0.25, 0.3) is 0 Å². The van der Waals surface area contributed by atoms with Gasteiger partial charge < -0.3 is 4.57 Å². The molecule has 0 saturated heterocycles. The molecule has 0 unspecified atom stereocenters. The maximum absolute atomic E-state index is 5.87. The van der Waals surface area contributed by atoms with Crippen molar-refractivity contribution in [3.05, 3.63) is 22.6 Å². The lowest BCUT2D eigenvalue weighted by molar-refractivity contribution is 0.276. The minimum atomic E-state index is 0.606. The molecule has 0 aliphatic heterocycles. The fourth-order valence-electron chi connectivity index (χ4n) is 2.43. The molecule has 1 aliphatic carbocycles. The number of alkyl halides is 1. The number of aryl methyl sites for hydroxylation is 1. The smallest absolute Gasteiger partial charge is 0.160 e. The van der Waals surface area contributed by atoms with Crippen molar-refractivity contribution in [1.82, 2.24) is 14.5 Å². The van der Waals surface area contributed by atoms with Crippen molar-refractivity contribution in [2.75, 3.05) is 5.88 Å². The van der Waals surface area contributed by atoms with Crippen molar-refractivity contribution < 1.29 is 0 Å². The van der Waals surface area contributed by atoms with E-state index in [1.165, 1.54) is 19.3 Å². The largest absolute Gasteiger partial charge is 0.312 e. The van der Waals surface area contributed by atoms with E-state index < -0.39 is 0 Å². The summed E-state index contributed by atoms with van der Waals surface area (Å²) in [4.78, 5) is 9.17. The van der Waals surface area contributed by atoms with Crippen LogP contribution in [0.15, 0.2) is 16.7 Å². The van der Waals surface area contributed by atoms with Gasteiger partial charge in [0.05, 0.1) is 0 Å². The van der Waals surface area contributed by atoms with Crippen LogP contribution in [0.5, 0.6) is 0 Å². The third-order valence-corrected chi connectivity index (χ3v) is 4.24. The topological polar surface area (TPSA) is 30.7 Å². The fourth-order valence-corrected chi connectivity index (χ4v) is 2.92. The van der Waals surface area contributed by atoms with E-state index in [1.54, 1.807) is 0 Å². The molecular formula is C13H15BrClN3. The summed E-state index contributed by atoms with van der Waals surface area (Å²) in [5.74, 6) is 2.47. The van der Waals surface area contributed by atoms with Crippen LogP contribution in [0, 0.1) is 5.92 Å². The van der Waals surface area contributed by atoms with Crippen LogP contribution in [0.4, 0.5) is 0 Å². The number of halogens is 2. The second kappa shape index (κ2) is 5.17. The number of hydrogen-bond donors (Lipinski definition) is 0. The van der Waals surface area contributed by atoms with Gasteiger partial charge in [-0.1, -0.05) is 6.42 Å². The molecule has 3 rings (SSSR count). The van der Waals surface area contributed by atoms with E-state index in [0.717, 1.165) is 40.3 Å². The predicted octanol–water partition coefficient (Wildman–Crippen LogP) is 3.78. The molecular weight excluding hydrogens is 314 g/mol. The monoisotopic (exact) mass is 327 g/mol. The van der Waals surface area contributed by atoms with E-state index in [-0.39, 0.29) is 0 Å². The van der Waals surface area contributed by atoms with Gasteiger partial charge in [0, 0.05) is 29.5 Å². The molecule has 0 aromatic carbocycles. The number of hydrogen-bond acceptors (Lipinski definition) is 2. The Hall–Kier alpha value is -0.610. The van der Waals surface area contributed by atoms with Crippen molar-refractivity contribution in [2.24, 2.45) is 5.92 Å². The summed E-state index contributed by atoms with van der Waals surface area (Å²) in [5.41, 5.74) is 1.95. The zero-order valence-corrected chi connectivity index (χ0v) is 12.4. The van der Waals surface area contributed by atoms with Gasteiger partial charge in [-0.15, -0.1) is 11.6 Å². The number of aromatic nitrogens is 3. The lowest BCUT2D eigenvalue weighted by Gasteiger charge is -2.26. The van der Waals surface area contributed by atoms with E-state index in [1.807, 2.05) is 12.3 Å². The third kappa shape index (κ3) is 2.28. The highest BCUT2D eigenvalue weighted by Gasteiger charge is 2.21. The zero-order valence-electron chi connectivity index (χ0n) is 10.1. The molecule has 1 aliphatic rings. The Labute approximate surface area is 120 Å². The summed E-state index contributed by atoms with van der Waals surface area (Å²) in [6.07, 6.45) is 6.67. The summed E-state index contributed by atoms with van der Waals surface area (Å²) < 4.78 is 3.23. The van der Waals surface area contributed by atoms with Crippen LogP contribution in [0.3, 0.4) is 0 Å². The van der Waals surface area contributed by atoms with Crippen LogP contribution < -0.4 is 0 Å². The van der Waals surface area contributed by atoms with Crippen LogP contribution in [0.1, 0.15) is 25.1 Å². The Balaban J connectivity index is 2.02. The van der Waals surface area contributed by atoms with Crippen molar-refractivity contribution in [2.45, 2.75) is 32.2 Å². The van der Waals surface area contributed by atoms with Gasteiger partial charge in [-0.05, 0) is 40.8 Å². The Morgan fingerprint density at radius 1 is 1.44 bits per heavy atom. The minimum Gasteiger partial charge on any atom is -0.312 e. The molecule has 0 N–H and O–H groups in total. The molecule has 1 saturated carbocycles. The summed E-state index contributed by atoms with van der Waals surface area (Å²) in [7, 11) is 0. The quantitative estimate of drug-likeness (QED) is 0.800. The summed E-state index contributed by atoms with van der Waals surface area (Å²) in [6, 6.07) is 2.03. The first kappa shape index (κ1) is 12.4. The van der Waals surface area contributed by atoms with Crippen molar-refractivity contribution in [1.29, 1.82) is 0 Å². The molecule has 2 aromatic rings. The minimum absolute atomic E-state index is 0.606. The Morgan fingerprint density at radius 3 is 2.94 bits per heavy atom. The van der Waals surface area contributed by atoms with Crippen LogP contribution in [-0.2, 0) is 13.0 Å². The fraction of sp³-hybridized carbons (Fsp3) is 0.538. The zero-order chi connectivity index (χ0) is 12.5. The number of fused-ring (bicyclic) bond motifs is 1. The average molecular weight is 329 g/mol. The average Bonchev–Trinajstić information content (AvgIpc) is 2.61. The van der Waals surface area contributed by atoms with Gasteiger partial charge in [-0.3, -0.25) is 0 Å². The standard InChI is InChI=1S/C13H15BrClN3/c14-10-6-11-13(16-7-10)18(8-9-2-1-3-9)12(17-11)4-5-15/h6-7,9H,1-5,8H2. The molecule has 5 heteroatoms. The van der Waals surface area contributed by atoms with E-state index in [9.17, 15) is 0 Å². The lowest BCUT2D eigenvalue weighted by atomic mass is 9.85. The van der Waals surface area contributed by atoms with Crippen molar-refractivity contribution in [3.8, 4) is 0 Å². The van der Waals surface area contributed by atoms with E-state index in [4.69, 9.17) is 11.6 Å². The van der Waals surface area contributed by atoms with Crippen LogP contribution in [-0.4, -0.2) is 20.4 Å². The van der Waals surface area contributed by atoms with Gasteiger partial charge in [0.15, 0.2) is 5.65 Å². The van der Waals surface area contributed by atoms with Gasteiger partial charge in [-0.25, -0.2) is 9.97 Å². The molecule has 1 fully saturated rings. The second-order valence-electron chi connectivity index (χ2n) is 4.87. The number of nitrogens with zero attached hydrogens (tertiary/aromatic N) is 3. The molecule has 0 radical (unpaired) electrons. The molecule has 0 bridgehead atoms. The Bertz CT molecular complexity index is 563. The highest BCUT2D eigenvalue weighted by molar-refractivity contribution is 9.10. The highest BCUT2D eigenvalue weighted by atomic mass is 79.9. The predicted molar refractivity (Wildman–Crippen MR) is 77.0 cm³/mol. The molecule has 2 aromatic heterocycles.